The Morgan fingerprint density at radius 3 is 2.63 bits per heavy atom. The molecule has 0 spiro atoms. The Hall–Kier alpha value is -0.980. The van der Waals surface area contributed by atoms with Crippen LogP contribution >= 0.6 is 28.1 Å². The van der Waals surface area contributed by atoms with Crippen LogP contribution in [0.5, 0.6) is 0 Å². The Labute approximate surface area is 126 Å². The van der Waals surface area contributed by atoms with E-state index in [1.165, 1.54) is 4.90 Å². The molecule has 102 valence electrons. The molecule has 0 aromatic heterocycles. The summed E-state index contributed by atoms with van der Waals surface area (Å²) in [6.07, 6.45) is 0. The topological polar surface area (TPSA) is 36.8 Å². The molecule has 0 bridgehead atoms. The molecule has 19 heavy (non-hydrogen) atoms. The van der Waals surface area contributed by atoms with Crippen LogP contribution in [0.2, 0.25) is 0 Å². The Morgan fingerprint density at radius 2 is 2.00 bits per heavy atom. The van der Waals surface area contributed by atoms with E-state index in [1.807, 2.05) is 18.2 Å². The molecule has 1 amide bonds. The Morgan fingerprint density at radius 1 is 1.37 bits per heavy atom. The maximum absolute atomic E-state index is 12.1. The predicted molar refractivity (Wildman–Crippen MR) is 82.4 cm³/mol. The number of carbonyl (C=O) groups excluding carboxylic acids is 1. The zero-order chi connectivity index (χ0) is 13.8. The first-order valence-electron chi connectivity index (χ1n) is 6.24. The highest BCUT2D eigenvalue weighted by Gasteiger charge is 2.20. The Kier molecular flexibility index (Phi) is 4.90. The zero-order valence-electron chi connectivity index (χ0n) is 10.8. The monoisotopic (exact) mass is 342 g/mol. The molecule has 0 unspecified atom stereocenters. The lowest BCUT2D eigenvalue weighted by atomic mass is 10.2. The summed E-state index contributed by atoms with van der Waals surface area (Å²) in [5, 5.41) is 3.32. The number of benzene rings is 1. The minimum absolute atomic E-state index is 0.163. The normalized spacial score (nSPS) is 16.2. The lowest BCUT2D eigenvalue weighted by Gasteiger charge is -2.31. The fourth-order valence-electron chi connectivity index (χ4n) is 1.98. The summed E-state index contributed by atoms with van der Waals surface area (Å²) in [6.45, 7) is 3.87. The number of amides is 1. The third-order valence-electron chi connectivity index (χ3n) is 3.24. The van der Waals surface area contributed by atoms with Gasteiger partial charge in [-0.15, -0.1) is 0 Å². The van der Waals surface area contributed by atoms with Gasteiger partial charge in [0, 0.05) is 4.47 Å². The maximum Gasteiger partial charge on any atom is 0.258 e. The van der Waals surface area contributed by atoms with Crippen LogP contribution in [0.15, 0.2) is 28.7 Å². The van der Waals surface area contributed by atoms with Gasteiger partial charge in [-0.05, 0) is 40.3 Å². The van der Waals surface area contributed by atoms with Crippen LogP contribution in [0, 0.1) is 0 Å². The van der Waals surface area contributed by atoms with Gasteiger partial charge < -0.3 is 9.80 Å². The first-order chi connectivity index (χ1) is 9.08. The lowest BCUT2D eigenvalue weighted by molar-refractivity contribution is -0.883. The van der Waals surface area contributed by atoms with Crippen molar-refractivity contribution in [1.82, 2.24) is 10.2 Å². The molecule has 1 aliphatic heterocycles. The molecule has 1 saturated heterocycles. The second-order valence-corrected chi connectivity index (χ2v) is 5.92. The minimum Gasteiger partial charge on any atom is -0.338 e. The molecule has 0 saturated carbocycles. The van der Waals surface area contributed by atoms with E-state index in [2.05, 4.69) is 33.2 Å². The van der Waals surface area contributed by atoms with E-state index in [9.17, 15) is 4.79 Å². The van der Waals surface area contributed by atoms with E-state index in [4.69, 9.17) is 12.2 Å². The molecule has 4 nitrogen and oxygen atoms in total. The van der Waals surface area contributed by atoms with Crippen LogP contribution in [0.3, 0.4) is 0 Å². The second-order valence-electron chi connectivity index (χ2n) is 4.68. The molecular formula is C13H17BrN3OS+. The SMILES string of the molecule is C[NH+]1CCN(C(=S)NC(=O)c2ccccc2Br)CC1. The number of likely N-dealkylation sites (N-methyl/N-ethyl adjacent to an activating group) is 1. The highest BCUT2D eigenvalue weighted by molar-refractivity contribution is 9.10. The highest BCUT2D eigenvalue weighted by atomic mass is 79.9. The molecule has 1 aromatic rings. The molecule has 0 radical (unpaired) electrons. The van der Waals surface area contributed by atoms with Gasteiger partial charge in [0.15, 0.2) is 5.11 Å². The van der Waals surface area contributed by atoms with Gasteiger partial charge in [-0.25, -0.2) is 0 Å². The summed E-state index contributed by atoms with van der Waals surface area (Å²) in [5.41, 5.74) is 0.601. The quantitative estimate of drug-likeness (QED) is 0.720. The van der Waals surface area contributed by atoms with E-state index in [0.29, 0.717) is 10.7 Å². The summed E-state index contributed by atoms with van der Waals surface area (Å²) in [4.78, 5) is 15.7. The average Bonchev–Trinajstić information content (AvgIpc) is 2.39. The summed E-state index contributed by atoms with van der Waals surface area (Å²) >= 11 is 8.67. The summed E-state index contributed by atoms with van der Waals surface area (Å²) in [5.74, 6) is -0.163. The van der Waals surface area contributed by atoms with E-state index in [1.54, 1.807) is 6.07 Å². The number of halogens is 1. The number of thiocarbonyl (C=S) groups is 1. The number of nitrogens with one attached hydrogen (secondary N) is 2. The number of quaternary nitrogens is 1. The minimum atomic E-state index is -0.163. The number of hydrogen-bond donors (Lipinski definition) is 2. The molecule has 6 heteroatoms. The third kappa shape index (κ3) is 3.75. The van der Waals surface area contributed by atoms with Gasteiger partial charge in [-0.3, -0.25) is 10.1 Å². The third-order valence-corrected chi connectivity index (χ3v) is 4.29. The largest absolute Gasteiger partial charge is 0.338 e. The van der Waals surface area contributed by atoms with Gasteiger partial charge in [-0.2, -0.15) is 0 Å². The van der Waals surface area contributed by atoms with Crippen LogP contribution in [-0.2, 0) is 0 Å². The lowest BCUT2D eigenvalue weighted by Crippen LogP contribution is -3.12. The van der Waals surface area contributed by atoms with E-state index >= 15 is 0 Å². The van der Waals surface area contributed by atoms with Crippen LogP contribution in [0.1, 0.15) is 10.4 Å². The van der Waals surface area contributed by atoms with Crippen molar-refractivity contribution < 1.29 is 9.69 Å². The predicted octanol–water partition coefficient (Wildman–Crippen LogP) is 0.294. The van der Waals surface area contributed by atoms with Crippen LogP contribution in [-0.4, -0.2) is 49.1 Å². The molecule has 2 N–H and O–H groups in total. The van der Waals surface area contributed by atoms with Crippen molar-refractivity contribution in [2.45, 2.75) is 0 Å². The van der Waals surface area contributed by atoms with Gasteiger partial charge in [0.2, 0.25) is 0 Å². The summed E-state index contributed by atoms with van der Waals surface area (Å²) in [7, 11) is 2.17. The molecule has 0 aliphatic carbocycles. The molecular weight excluding hydrogens is 326 g/mol. The molecule has 1 aliphatic rings. The Balaban J connectivity index is 1.96. The number of rotatable bonds is 1. The van der Waals surface area contributed by atoms with E-state index < -0.39 is 0 Å². The Bertz CT molecular complexity index is 487. The van der Waals surface area contributed by atoms with Crippen molar-refractivity contribution in [3.63, 3.8) is 0 Å². The van der Waals surface area contributed by atoms with Crippen molar-refractivity contribution in [2.24, 2.45) is 0 Å². The van der Waals surface area contributed by atoms with Crippen molar-refractivity contribution >= 4 is 39.2 Å². The number of hydrogen-bond acceptors (Lipinski definition) is 2. The van der Waals surface area contributed by atoms with Crippen LogP contribution in [0.4, 0.5) is 0 Å². The molecule has 1 fully saturated rings. The van der Waals surface area contributed by atoms with Gasteiger partial charge in [-0.1, -0.05) is 12.1 Å². The standard InChI is InChI=1S/C13H16BrN3OS/c1-16-6-8-17(9-7-16)13(19)15-12(18)10-4-2-3-5-11(10)14/h2-5H,6-9H2,1H3,(H,15,18,19)/p+1. The average molecular weight is 343 g/mol. The van der Waals surface area contributed by atoms with Gasteiger partial charge >= 0.3 is 0 Å². The fourth-order valence-corrected chi connectivity index (χ4v) is 2.72. The van der Waals surface area contributed by atoms with Crippen molar-refractivity contribution in [1.29, 1.82) is 0 Å². The summed E-state index contributed by atoms with van der Waals surface area (Å²) < 4.78 is 0.776. The van der Waals surface area contributed by atoms with Gasteiger partial charge in [0.05, 0.1) is 38.8 Å². The number of nitrogens with zero attached hydrogens (tertiary/aromatic N) is 1. The van der Waals surface area contributed by atoms with Gasteiger partial charge in [0.25, 0.3) is 5.91 Å². The van der Waals surface area contributed by atoms with Gasteiger partial charge in [0.1, 0.15) is 0 Å². The summed E-state index contributed by atoms with van der Waals surface area (Å²) in [6, 6.07) is 7.33. The fraction of sp³-hybridized carbons (Fsp3) is 0.385. The number of carbonyl (C=O) groups is 1. The smallest absolute Gasteiger partial charge is 0.258 e. The maximum atomic E-state index is 12.1. The van der Waals surface area contributed by atoms with E-state index in [0.717, 1.165) is 30.7 Å². The van der Waals surface area contributed by atoms with Crippen molar-refractivity contribution in [3.05, 3.63) is 34.3 Å². The number of piperazine rings is 1. The van der Waals surface area contributed by atoms with Crippen LogP contribution in [0.25, 0.3) is 0 Å². The van der Waals surface area contributed by atoms with Crippen molar-refractivity contribution in [2.75, 3.05) is 33.2 Å². The van der Waals surface area contributed by atoms with Crippen molar-refractivity contribution in [3.8, 4) is 0 Å². The highest BCUT2D eigenvalue weighted by Crippen LogP contribution is 2.15. The molecule has 1 aromatic carbocycles. The zero-order valence-corrected chi connectivity index (χ0v) is 13.2. The van der Waals surface area contributed by atoms with Crippen LogP contribution < -0.4 is 10.2 Å². The van der Waals surface area contributed by atoms with E-state index in [-0.39, 0.29) is 5.91 Å². The first-order valence-corrected chi connectivity index (χ1v) is 7.44. The second kappa shape index (κ2) is 6.45. The first kappa shape index (κ1) is 14.4. The molecule has 2 rings (SSSR count). The molecule has 0 atom stereocenters. The molecule has 1 heterocycles.